The molecule has 0 aromatic carbocycles. The van der Waals surface area contributed by atoms with Crippen LogP contribution in [-0.2, 0) is 40.6 Å². The van der Waals surface area contributed by atoms with E-state index in [9.17, 15) is 6.37 Å². The van der Waals surface area contributed by atoms with Crippen molar-refractivity contribution >= 4 is 9.05 Å². The summed E-state index contributed by atoms with van der Waals surface area (Å²) in [5, 5.41) is 0. The van der Waals surface area contributed by atoms with E-state index in [4.69, 9.17) is 18.6 Å². The molecular formula is C15H36O7SiZr. The minimum absolute atomic E-state index is 0.196. The number of rotatable bonds is 14. The second-order valence-electron chi connectivity index (χ2n) is 6.01. The van der Waals surface area contributed by atoms with Gasteiger partial charge in [-0.25, -0.2) is 0 Å². The molecule has 0 saturated carbocycles. The molecule has 0 bridgehead atoms. The molecule has 0 rings (SSSR count). The quantitative estimate of drug-likeness (QED) is 0.396. The summed E-state index contributed by atoms with van der Waals surface area (Å²) in [5.74, 6) is 0. The summed E-state index contributed by atoms with van der Waals surface area (Å²) in [4.78, 5) is 0. The molecule has 0 fully saturated rings. The van der Waals surface area contributed by atoms with Crippen LogP contribution in [0, 0.1) is 0 Å². The van der Waals surface area contributed by atoms with Crippen LogP contribution < -0.4 is 0 Å². The molecule has 0 amide bonds. The summed E-state index contributed by atoms with van der Waals surface area (Å²) in [6.07, 6.45) is 2.24. The van der Waals surface area contributed by atoms with E-state index >= 15 is 0 Å². The SMILES string of the molecule is CCC[O][Zr]([OH])([OH])[O][Si](OC(C)CC)(OC(C)CC)OC(C)CC. The molecule has 146 valence electrons. The average Bonchev–Trinajstić information content (AvgIpc) is 2.51. The van der Waals surface area contributed by atoms with Crippen molar-refractivity contribution in [2.75, 3.05) is 6.61 Å². The van der Waals surface area contributed by atoms with Gasteiger partial charge in [-0.3, -0.25) is 0 Å². The van der Waals surface area contributed by atoms with Crippen molar-refractivity contribution in [2.45, 2.75) is 92.5 Å². The molecule has 0 aliphatic heterocycles. The fraction of sp³-hybridized carbons (Fsp3) is 1.00. The third-order valence-electron chi connectivity index (χ3n) is 3.51. The van der Waals surface area contributed by atoms with E-state index in [0.717, 1.165) is 19.3 Å². The Labute approximate surface area is 155 Å². The third-order valence-corrected chi connectivity index (χ3v) is 11.3. The normalized spacial score (nSPS) is 18.9. The Kier molecular flexibility index (Phi) is 12.7. The van der Waals surface area contributed by atoms with Gasteiger partial charge < -0.3 is 0 Å². The average molecular weight is 448 g/mol. The maximum atomic E-state index is 10.3. The van der Waals surface area contributed by atoms with Crippen LogP contribution in [0.5, 0.6) is 0 Å². The zero-order valence-corrected chi connectivity index (χ0v) is 19.7. The van der Waals surface area contributed by atoms with Gasteiger partial charge in [0.2, 0.25) is 0 Å². The van der Waals surface area contributed by atoms with Crippen LogP contribution in [0.4, 0.5) is 0 Å². The van der Waals surface area contributed by atoms with Crippen molar-refractivity contribution in [3.8, 4) is 0 Å². The molecular weight excluding hydrogens is 411 g/mol. The van der Waals surface area contributed by atoms with Crippen LogP contribution in [0.3, 0.4) is 0 Å². The van der Waals surface area contributed by atoms with Crippen molar-refractivity contribution in [1.82, 2.24) is 0 Å². The fourth-order valence-corrected chi connectivity index (χ4v) is 9.30. The van der Waals surface area contributed by atoms with E-state index in [1.807, 2.05) is 48.5 Å². The van der Waals surface area contributed by atoms with E-state index < -0.39 is 31.1 Å². The summed E-state index contributed by atoms with van der Waals surface area (Å²) < 4.78 is 49.2. The number of hydrogen-bond acceptors (Lipinski definition) is 7. The molecule has 0 radical (unpaired) electrons. The van der Waals surface area contributed by atoms with E-state index in [1.165, 1.54) is 0 Å². The molecule has 0 aliphatic rings. The Morgan fingerprint density at radius 1 is 0.792 bits per heavy atom. The van der Waals surface area contributed by atoms with Crippen molar-refractivity contribution in [3.63, 3.8) is 0 Å². The van der Waals surface area contributed by atoms with E-state index in [0.29, 0.717) is 6.42 Å². The molecule has 0 aromatic heterocycles. The Balaban J connectivity index is 5.49. The topological polar surface area (TPSA) is 86.6 Å². The van der Waals surface area contributed by atoms with Crippen LogP contribution >= 0.6 is 0 Å². The maximum absolute atomic E-state index is 10.3. The van der Waals surface area contributed by atoms with Crippen LogP contribution in [0.25, 0.3) is 0 Å². The summed E-state index contributed by atoms with van der Waals surface area (Å²) in [7, 11) is -3.76. The fourth-order valence-electron chi connectivity index (χ4n) is 1.57. The molecule has 9 heteroatoms. The van der Waals surface area contributed by atoms with Gasteiger partial charge in [-0.05, 0) is 0 Å². The van der Waals surface area contributed by atoms with Crippen molar-refractivity contribution in [3.05, 3.63) is 0 Å². The van der Waals surface area contributed by atoms with Gasteiger partial charge in [-0.1, -0.05) is 0 Å². The van der Waals surface area contributed by atoms with Crippen molar-refractivity contribution < 1.29 is 47.0 Å². The van der Waals surface area contributed by atoms with Gasteiger partial charge in [0, 0.05) is 0 Å². The number of hydrogen-bond donors (Lipinski definition) is 2. The first-order valence-electron chi connectivity index (χ1n) is 8.95. The van der Waals surface area contributed by atoms with Gasteiger partial charge >= 0.3 is 155 Å². The van der Waals surface area contributed by atoms with Crippen molar-refractivity contribution in [1.29, 1.82) is 0 Å². The van der Waals surface area contributed by atoms with Crippen molar-refractivity contribution in [2.24, 2.45) is 0 Å². The zero-order chi connectivity index (χ0) is 18.8. The predicted octanol–water partition coefficient (Wildman–Crippen LogP) is 3.11. The van der Waals surface area contributed by atoms with E-state index in [1.54, 1.807) is 0 Å². The minimum atomic E-state index is -5.23. The Hall–Kier alpha value is 0.820. The first-order valence-corrected chi connectivity index (χ1v) is 14.8. The molecule has 3 unspecified atom stereocenters. The Bertz CT molecular complexity index is 302. The first-order chi connectivity index (χ1) is 11.1. The predicted molar refractivity (Wildman–Crippen MR) is 90.0 cm³/mol. The first kappa shape index (κ1) is 24.8. The van der Waals surface area contributed by atoms with Crippen LogP contribution in [0.15, 0.2) is 0 Å². The summed E-state index contributed by atoms with van der Waals surface area (Å²) >= 11 is -5.23. The zero-order valence-electron chi connectivity index (χ0n) is 16.2. The molecule has 0 aliphatic carbocycles. The summed E-state index contributed by atoms with van der Waals surface area (Å²) in [6, 6.07) is 0. The molecule has 0 saturated heterocycles. The van der Waals surface area contributed by atoms with Crippen LogP contribution in [-0.4, -0.2) is 40.3 Å². The van der Waals surface area contributed by atoms with Crippen LogP contribution in [0.2, 0.25) is 0 Å². The van der Waals surface area contributed by atoms with Crippen LogP contribution in [0.1, 0.15) is 74.1 Å². The molecule has 2 N–H and O–H groups in total. The molecule has 0 spiro atoms. The molecule has 7 nitrogen and oxygen atoms in total. The van der Waals surface area contributed by atoms with Gasteiger partial charge in [0.1, 0.15) is 0 Å². The molecule has 24 heavy (non-hydrogen) atoms. The summed E-state index contributed by atoms with van der Waals surface area (Å²) in [5.41, 5.74) is 0. The van der Waals surface area contributed by atoms with Gasteiger partial charge in [0.25, 0.3) is 0 Å². The van der Waals surface area contributed by atoms with Gasteiger partial charge in [0.15, 0.2) is 0 Å². The van der Waals surface area contributed by atoms with Gasteiger partial charge in [0.05, 0.1) is 0 Å². The second kappa shape index (κ2) is 12.3. The monoisotopic (exact) mass is 446 g/mol. The third kappa shape index (κ3) is 10.1. The molecule has 0 aromatic rings. The van der Waals surface area contributed by atoms with Gasteiger partial charge in [-0.15, -0.1) is 0 Å². The summed E-state index contributed by atoms with van der Waals surface area (Å²) in [6.45, 7) is 13.6. The van der Waals surface area contributed by atoms with Gasteiger partial charge in [-0.2, -0.15) is 0 Å². The Morgan fingerprint density at radius 3 is 1.46 bits per heavy atom. The molecule has 3 atom stereocenters. The molecule has 0 heterocycles. The Morgan fingerprint density at radius 2 is 1.17 bits per heavy atom. The second-order valence-corrected chi connectivity index (χ2v) is 12.8. The van der Waals surface area contributed by atoms with E-state index in [2.05, 4.69) is 0 Å². The van der Waals surface area contributed by atoms with E-state index in [-0.39, 0.29) is 24.9 Å². The standard InChI is InChI=1S/C12H27O4Si.C3H7O.2H2O.Zr/c1-7-10(4)14-17(13,15-11(5)8-2)16-12(6)9-3;1-2-3-4;;;/h10-12H,7-9H2,1-6H3;2-3H2,1H3;2*1H2;/q2*-1;;;+4/p-2.